The van der Waals surface area contributed by atoms with Crippen LogP contribution in [-0.2, 0) is 0 Å². The molecule has 0 N–H and O–H groups in total. The van der Waals surface area contributed by atoms with Crippen LogP contribution in [0.15, 0.2) is 188 Å². The highest BCUT2D eigenvalue weighted by molar-refractivity contribution is 6.36. The zero-order chi connectivity index (χ0) is 38.1. The lowest BCUT2D eigenvalue weighted by Gasteiger charge is -2.13. The molecule has 0 bridgehead atoms. The highest BCUT2D eigenvalue weighted by atomic mass is 15.0. The standard InChI is InChI=1S/C56H31N3/c1-2-15-35(16-3-1)57-47-23-10-9-20-39(47)42-29-34(25-26-49(42)57)52-36-17-6-4-13-32(36)27-44-45-28-33-14-5-7-18-37(33)53-46-31-50-43(30-51(46)59(55(44)52)56(45)53)41-22-12-21-40-38-19-8-11-24-48(38)58(50)54(40)41/h1-31H. The van der Waals surface area contributed by atoms with Crippen molar-refractivity contribution in [2.75, 3.05) is 0 Å². The van der Waals surface area contributed by atoms with E-state index in [9.17, 15) is 0 Å². The molecule has 0 amide bonds. The maximum atomic E-state index is 2.63. The number of benzene rings is 10. The van der Waals surface area contributed by atoms with Crippen molar-refractivity contribution in [1.29, 1.82) is 0 Å². The Bertz CT molecular complexity index is 4290. The molecule has 0 atom stereocenters. The SMILES string of the molecule is c1ccc(-n2c3ccccc3c3cc(-c4c5ccccc5cc5c6cc7ccccc7c7c8cc9c(cc8n(c45)c67)c4cccc5c6ccccc6n9c54)ccc32)cc1. The summed E-state index contributed by atoms with van der Waals surface area (Å²) in [5, 5.41) is 18.0. The quantitative estimate of drug-likeness (QED) is 0.167. The van der Waals surface area contributed by atoms with Gasteiger partial charge in [-0.15, -0.1) is 0 Å². The summed E-state index contributed by atoms with van der Waals surface area (Å²) < 4.78 is 7.56. The van der Waals surface area contributed by atoms with Crippen molar-refractivity contribution in [3.05, 3.63) is 188 Å². The van der Waals surface area contributed by atoms with Crippen molar-refractivity contribution < 1.29 is 0 Å². The Morgan fingerprint density at radius 2 is 0.831 bits per heavy atom. The van der Waals surface area contributed by atoms with Gasteiger partial charge in [-0.1, -0.05) is 127 Å². The number of aromatic nitrogens is 3. The van der Waals surface area contributed by atoms with Gasteiger partial charge in [0, 0.05) is 65.1 Å². The normalized spacial score (nSPS) is 12.7. The summed E-state index contributed by atoms with van der Waals surface area (Å²) in [4.78, 5) is 0. The molecule has 0 aliphatic carbocycles. The Balaban J connectivity index is 1.16. The number of para-hydroxylation sites is 4. The second-order valence-electron chi connectivity index (χ2n) is 16.4. The Labute approximate surface area is 336 Å². The molecule has 5 heterocycles. The van der Waals surface area contributed by atoms with Crippen LogP contribution in [0.1, 0.15) is 0 Å². The molecule has 0 saturated carbocycles. The van der Waals surface area contributed by atoms with Gasteiger partial charge in [0.15, 0.2) is 0 Å². The average molecular weight is 746 g/mol. The van der Waals surface area contributed by atoms with E-state index < -0.39 is 0 Å². The van der Waals surface area contributed by atoms with E-state index in [1.54, 1.807) is 0 Å². The largest absolute Gasteiger partial charge is 0.309 e. The Morgan fingerprint density at radius 1 is 0.271 bits per heavy atom. The predicted octanol–water partition coefficient (Wildman–Crippen LogP) is 15.1. The molecule has 10 aromatic carbocycles. The van der Waals surface area contributed by atoms with E-state index >= 15 is 0 Å². The molecule has 0 radical (unpaired) electrons. The fourth-order valence-corrected chi connectivity index (χ4v) is 11.3. The van der Waals surface area contributed by atoms with Gasteiger partial charge in [-0.2, -0.15) is 0 Å². The topological polar surface area (TPSA) is 13.8 Å². The van der Waals surface area contributed by atoms with E-state index in [0.29, 0.717) is 0 Å². The lowest BCUT2D eigenvalue weighted by Crippen LogP contribution is -1.93. The lowest BCUT2D eigenvalue weighted by molar-refractivity contribution is 1.18. The molecular formula is C56H31N3. The number of rotatable bonds is 2. The predicted molar refractivity (Wildman–Crippen MR) is 251 cm³/mol. The average Bonchev–Trinajstić information content (AvgIpc) is 4.08. The molecule has 0 fully saturated rings. The van der Waals surface area contributed by atoms with Crippen molar-refractivity contribution in [3.8, 4) is 16.8 Å². The van der Waals surface area contributed by atoms with Crippen LogP contribution in [0.5, 0.6) is 0 Å². The van der Waals surface area contributed by atoms with Crippen molar-refractivity contribution in [1.82, 2.24) is 13.4 Å². The van der Waals surface area contributed by atoms with E-state index in [1.807, 2.05) is 0 Å². The highest BCUT2D eigenvalue weighted by Gasteiger charge is 2.26. The zero-order valence-corrected chi connectivity index (χ0v) is 31.7. The fraction of sp³-hybridized carbons (Fsp3) is 0. The van der Waals surface area contributed by atoms with E-state index in [2.05, 4.69) is 201 Å². The molecule has 0 aliphatic rings. The Hall–Kier alpha value is -7.88. The van der Waals surface area contributed by atoms with Gasteiger partial charge in [0.2, 0.25) is 0 Å². The molecule has 59 heavy (non-hydrogen) atoms. The van der Waals surface area contributed by atoms with E-state index in [4.69, 9.17) is 0 Å². The number of hydrogen-bond donors (Lipinski definition) is 0. The first-order chi connectivity index (χ1) is 29.3. The zero-order valence-electron chi connectivity index (χ0n) is 31.7. The van der Waals surface area contributed by atoms with Crippen LogP contribution < -0.4 is 0 Å². The highest BCUT2D eigenvalue weighted by Crippen LogP contribution is 2.50. The lowest BCUT2D eigenvalue weighted by atomic mass is 9.93. The first-order valence-electron chi connectivity index (χ1n) is 20.5. The van der Waals surface area contributed by atoms with Crippen LogP contribution in [0.25, 0.3) is 136 Å². The monoisotopic (exact) mass is 745 g/mol. The van der Waals surface area contributed by atoms with Gasteiger partial charge in [0.1, 0.15) is 0 Å². The molecular weight excluding hydrogens is 715 g/mol. The summed E-state index contributed by atoms with van der Waals surface area (Å²) in [5.74, 6) is 0. The minimum Gasteiger partial charge on any atom is -0.309 e. The number of hydrogen-bond acceptors (Lipinski definition) is 0. The first kappa shape index (κ1) is 30.3. The molecule has 3 heteroatoms. The van der Waals surface area contributed by atoms with E-state index in [0.717, 1.165) is 0 Å². The number of fused-ring (bicyclic) bond motifs is 18. The van der Waals surface area contributed by atoms with Crippen molar-refractivity contribution in [2.45, 2.75) is 0 Å². The Kier molecular flexibility index (Phi) is 5.41. The Morgan fingerprint density at radius 3 is 1.64 bits per heavy atom. The molecule has 0 unspecified atom stereocenters. The van der Waals surface area contributed by atoms with E-state index in [1.165, 1.54) is 136 Å². The molecule has 15 aromatic rings. The van der Waals surface area contributed by atoms with Crippen LogP contribution in [0, 0.1) is 0 Å². The molecule has 0 aliphatic heterocycles. The van der Waals surface area contributed by atoms with Crippen LogP contribution in [0.3, 0.4) is 0 Å². The first-order valence-corrected chi connectivity index (χ1v) is 20.5. The van der Waals surface area contributed by atoms with Gasteiger partial charge in [0.05, 0.1) is 44.1 Å². The van der Waals surface area contributed by atoms with Crippen LogP contribution in [0.2, 0.25) is 0 Å². The maximum Gasteiger partial charge on any atom is 0.0627 e. The third kappa shape index (κ3) is 3.62. The summed E-state index contributed by atoms with van der Waals surface area (Å²) >= 11 is 0. The molecule has 270 valence electrons. The van der Waals surface area contributed by atoms with Crippen molar-refractivity contribution >= 4 is 120 Å². The van der Waals surface area contributed by atoms with Crippen LogP contribution in [-0.4, -0.2) is 13.4 Å². The third-order valence-electron chi connectivity index (χ3n) is 13.6. The minimum atomic E-state index is 1.17. The third-order valence-corrected chi connectivity index (χ3v) is 13.6. The van der Waals surface area contributed by atoms with Crippen LogP contribution >= 0.6 is 0 Å². The second kappa shape index (κ2) is 10.5. The fourth-order valence-electron chi connectivity index (χ4n) is 11.3. The van der Waals surface area contributed by atoms with Gasteiger partial charge in [0.25, 0.3) is 0 Å². The summed E-state index contributed by atoms with van der Waals surface area (Å²) in [6, 6.07) is 70.4. The molecule has 0 saturated heterocycles. The minimum absolute atomic E-state index is 1.17. The summed E-state index contributed by atoms with van der Waals surface area (Å²) in [6.07, 6.45) is 0. The molecule has 3 nitrogen and oxygen atoms in total. The van der Waals surface area contributed by atoms with Gasteiger partial charge in [-0.25, -0.2) is 0 Å². The van der Waals surface area contributed by atoms with E-state index in [-0.39, 0.29) is 0 Å². The molecule has 5 aromatic heterocycles. The molecule has 15 rings (SSSR count). The van der Waals surface area contributed by atoms with Crippen molar-refractivity contribution in [3.63, 3.8) is 0 Å². The maximum absolute atomic E-state index is 2.63. The van der Waals surface area contributed by atoms with Crippen LogP contribution in [0.4, 0.5) is 0 Å². The number of nitrogens with zero attached hydrogens (tertiary/aromatic N) is 3. The summed E-state index contributed by atoms with van der Waals surface area (Å²) in [6.45, 7) is 0. The van der Waals surface area contributed by atoms with Gasteiger partial charge >= 0.3 is 0 Å². The summed E-state index contributed by atoms with van der Waals surface area (Å²) in [5.41, 5.74) is 13.7. The van der Waals surface area contributed by atoms with Gasteiger partial charge in [-0.3, -0.25) is 0 Å². The smallest absolute Gasteiger partial charge is 0.0627 e. The van der Waals surface area contributed by atoms with Gasteiger partial charge in [-0.05, 0) is 87.8 Å². The molecule has 0 spiro atoms. The van der Waals surface area contributed by atoms with Crippen molar-refractivity contribution in [2.24, 2.45) is 0 Å². The summed E-state index contributed by atoms with van der Waals surface area (Å²) in [7, 11) is 0. The van der Waals surface area contributed by atoms with Gasteiger partial charge < -0.3 is 13.4 Å². The second-order valence-corrected chi connectivity index (χ2v) is 16.4.